The molecule has 1 aromatic carbocycles. The Hall–Kier alpha value is -2.17. The summed E-state index contributed by atoms with van der Waals surface area (Å²) in [5.74, 6) is -1.76. The number of halogens is 1. The molecule has 1 unspecified atom stereocenters. The molecular formula is C16H15BrN4O4S. The summed E-state index contributed by atoms with van der Waals surface area (Å²) in [6, 6.07) is 4.13. The maximum Gasteiger partial charge on any atom is 0.300 e. The van der Waals surface area contributed by atoms with Crippen molar-refractivity contribution in [3.8, 4) is 0 Å². The van der Waals surface area contributed by atoms with E-state index in [2.05, 4.69) is 31.4 Å². The fraction of sp³-hybridized carbons (Fsp3) is 0.312. The van der Waals surface area contributed by atoms with E-state index in [9.17, 15) is 14.4 Å². The van der Waals surface area contributed by atoms with Gasteiger partial charge in [0, 0.05) is 11.6 Å². The zero-order chi connectivity index (χ0) is 18.8. The van der Waals surface area contributed by atoms with E-state index in [-0.39, 0.29) is 5.56 Å². The molecule has 1 aliphatic heterocycles. The lowest BCUT2D eigenvalue weighted by molar-refractivity contribution is -0.121. The smallest absolute Gasteiger partial charge is 0.300 e. The molecule has 10 heteroatoms. The van der Waals surface area contributed by atoms with Crippen LogP contribution in [0.5, 0.6) is 0 Å². The van der Waals surface area contributed by atoms with Crippen molar-refractivity contribution in [3.05, 3.63) is 33.2 Å². The van der Waals surface area contributed by atoms with Gasteiger partial charge >= 0.3 is 0 Å². The molecule has 26 heavy (non-hydrogen) atoms. The van der Waals surface area contributed by atoms with Crippen LogP contribution >= 0.6 is 27.3 Å². The van der Waals surface area contributed by atoms with Crippen LogP contribution in [0.25, 0.3) is 0 Å². The first kappa shape index (κ1) is 18.6. The van der Waals surface area contributed by atoms with Crippen LogP contribution in [0.1, 0.15) is 28.7 Å². The van der Waals surface area contributed by atoms with Crippen LogP contribution in [0.4, 0.5) is 10.8 Å². The van der Waals surface area contributed by atoms with Crippen LogP contribution < -0.4 is 10.2 Å². The molecule has 1 aromatic heterocycles. The number of carbonyl (C=O) groups is 3. The predicted molar refractivity (Wildman–Crippen MR) is 99.3 cm³/mol. The van der Waals surface area contributed by atoms with Crippen molar-refractivity contribution in [1.29, 1.82) is 0 Å². The minimum absolute atomic E-state index is 0.286. The molecule has 1 N–H and O–H groups in total. The molecule has 0 aliphatic carbocycles. The van der Waals surface area contributed by atoms with E-state index in [4.69, 9.17) is 4.74 Å². The van der Waals surface area contributed by atoms with Gasteiger partial charge in [0.05, 0.1) is 11.3 Å². The minimum atomic E-state index is -0.830. The van der Waals surface area contributed by atoms with Gasteiger partial charge in [0.2, 0.25) is 11.0 Å². The minimum Gasteiger partial charge on any atom is -0.377 e. The Balaban J connectivity index is 1.85. The number of methoxy groups -OCH3 is 1. The standard InChI is InChI=1S/C16H15BrN4O4S/c1-3-10(14(23)18-16-20-19-12(26-16)7-25-2)21-11-5-4-8(17)6-9(11)13(22)15(21)24/h4-6,10H,3,7H2,1-2H3,(H,18,20,23). The molecule has 8 nitrogen and oxygen atoms in total. The summed E-state index contributed by atoms with van der Waals surface area (Å²) < 4.78 is 5.66. The Labute approximate surface area is 161 Å². The van der Waals surface area contributed by atoms with Gasteiger partial charge in [-0.15, -0.1) is 10.2 Å². The highest BCUT2D eigenvalue weighted by molar-refractivity contribution is 9.10. The van der Waals surface area contributed by atoms with E-state index in [1.165, 1.54) is 16.2 Å². The number of anilines is 2. The Morgan fingerprint density at radius 2 is 2.15 bits per heavy atom. The molecule has 2 amide bonds. The third kappa shape index (κ3) is 3.39. The van der Waals surface area contributed by atoms with Gasteiger partial charge in [-0.3, -0.25) is 24.6 Å². The lowest BCUT2D eigenvalue weighted by Gasteiger charge is -2.25. The van der Waals surface area contributed by atoms with Crippen molar-refractivity contribution >= 4 is 55.7 Å². The zero-order valence-corrected chi connectivity index (χ0v) is 16.4. The Morgan fingerprint density at radius 3 is 2.85 bits per heavy atom. The summed E-state index contributed by atoms with van der Waals surface area (Å²) in [5, 5.41) is 11.4. The second-order valence-corrected chi connectivity index (χ2v) is 7.49. The fourth-order valence-electron chi connectivity index (χ4n) is 2.70. The Morgan fingerprint density at radius 1 is 1.38 bits per heavy atom. The van der Waals surface area contributed by atoms with Gasteiger partial charge in [-0.05, 0) is 24.6 Å². The fourth-order valence-corrected chi connectivity index (χ4v) is 3.78. The predicted octanol–water partition coefficient (Wildman–Crippen LogP) is 2.39. The first-order chi connectivity index (χ1) is 12.5. The lowest BCUT2D eigenvalue weighted by atomic mass is 10.1. The molecule has 0 fully saturated rings. The summed E-state index contributed by atoms with van der Waals surface area (Å²) in [5.41, 5.74) is 0.719. The van der Waals surface area contributed by atoms with E-state index < -0.39 is 23.6 Å². The number of benzene rings is 1. The van der Waals surface area contributed by atoms with E-state index >= 15 is 0 Å². The van der Waals surface area contributed by atoms with Crippen LogP contribution in [-0.2, 0) is 20.9 Å². The zero-order valence-electron chi connectivity index (χ0n) is 14.0. The van der Waals surface area contributed by atoms with E-state index in [0.29, 0.717) is 33.3 Å². The van der Waals surface area contributed by atoms with Gasteiger partial charge < -0.3 is 4.74 Å². The van der Waals surface area contributed by atoms with E-state index in [1.54, 1.807) is 32.2 Å². The SMILES string of the molecule is CCC(C(=O)Nc1nnc(COC)s1)N1C(=O)C(=O)c2cc(Br)ccc21. The number of carbonyl (C=O) groups excluding carboxylic acids is 3. The third-order valence-electron chi connectivity index (χ3n) is 3.84. The molecule has 1 aliphatic rings. The van der Waals surface area contributed by atoms with Crippen LogP contribution in [0.2, 0.25) is 0 Å². The summed E-state index contributed by atoms with van der Waals surface area (Å²) in [6.45, 7) is 2.07. The van der Waals surface area contributed by atoms with Gasteiger partial charge in [-0.25, -0.2) is 0 Å². The Kier molecular flexibility index (Phi) is 5.44. The third-order valence-corrected chi connectivity index (χ3v) is 5.15. The maximum atomic E-state index is 12.7. The molecule has 0 bridgehead atoms. The highest BCUT2D eigenvalue weighted by atomic mass is 79.9. The number of hydrogen-bond acceptors (Lipinski definition) is 7. The average Bonchev–Trinajstić information content (AvgIpc) is 3.14. The summed E-state index contributed by atoms with van der Waals surface area (Å²) in [6.07, 6.45) is 0.337. The number of fused-ring (bicyclic) bond motifs is 1. The highest BCUT2D eigenvalue weighted by Gasteiger charge is 2.42. The van der Waals surface area contributed by atoms with Gasteiger partial charge in [-0.1, -0.05) is 34.2 Å². The number of ether oxygens (including phenoxy) is 1. The largest absolute Gasteiger partial charge is 0.377 e. The van der Waals surface area contributed by atoms with Crippen molar-refractivity contribution in [3.63, 3.8) is 0 Å². The Bertz CT molecular complexity index is 885. The van der Waals surface area contributed by atoms with Crippen LogP contribution in [0.15, 0.2) is 22.7 Å². The number of rotatable bonds is 6. The van der Waals surface area contributed by atoms with Crippen LogP contribution in [0, 0.1) is 0 Å². The number of nitrogens with one attached hydrogen (secondary N) is 1. The maximum absolute atomic E-state index is 12.7. The van der Waals surface area contributed by atoms with Gasteiger partial charge in [0.15, 0.2) is 0 Å². The second-order valence-electron chi connectivity index (χ2n) is 5.51. The quantitative estimate of drug-likeness (QED) is 0.694. The summed E-state index contributed by atoms with van der Waals surface area (Å²) in [7, 11) is 1.54. The van der Waals surface area contributed by atoms with Crippen molar-refractivity contribution in [1.82, 2.24) is 10.2 Å². The second kappa shape index (κ2) is 7.60. The number of aromatic nitrogens is 2. The monoisotopic (exact) mass is 438 g/mol. The molecule has 1 atom stereocenters. The summed E-state index contributed by atoms with van der Waals surface area (Å²) >= 11 is 4.48. The van der Waals surface area contributed by atoms with E-state index in [0.717, 1.165) is 0 Å². The molecule has 2 heterocycles. The van der Waals surface area contributed by atoms with Crippen molar-refractivity contribution in [2.75, 3.05) is 17.3 Å². The molecule has 136 valence electrons. The van der Waals surface area contributed by atoms with E-state index in [1.807, 2.05) is 0 Å². The number of ketones is 1. The average molecular weight is 439 g/mol. The molecule has 0 radical (unpaired) electrons. The molecule has 0 saturated carbocycles. The van der Waals surface area contributed by atoms with Crippen LogP contribution in [0.3, 0.4) is 0 Å². The first-order valence-electron chi connectivity index (χ1n) is 7.75. The number of nitrogens with zero attached hydrogens (tertiary/aromatic N) is 3. The number of amides is 2. The van der Waals surface area contributed by atoms with Gasteiger partial charge in [-0.2, -0.15) is 0 Å². The van der Waals surface area contributed by atoms with Gasteiger partial charge in [0.25, 0.3) is 11.7 Å². The summed E-state index contributed by atoms with van der Waals surface area (Å²) in [4.78, 5) is 38.7. The molecule has 0 saturated heterocycles. The number of hydrogen-bond donors (Lipinski definition) is 1. The topological polar surface area (TPSA) is 101 Å². The molecule has 2 aromatic rings. The van der Waals surface area contributed by atoms with Crippen molar-refractivity contribution < 1.29 is 19.1 Å². The van der Waals surface area contributed by atoms with Crippen molar-refractivity contribution in [2.24, 2.45) is 0 Å². The first-order valence-corrected chi connectivity index (χ1v) is 9.36. The van der Waals surface area contributed by atoms with Crippen LogP contribution in [-0.4, -0.2) is 40.9 Å². The molecule has 3 rings (SSSR count). The lowest BCUT2D eigenvalue weighted by Crippen LogP contribution is -2.46. The number of Topliss-reactive ketones (excluding diaryl/α,β-unsaturated/α-hetero) is 1. The molecule has 0 spiro atoms. The van der Waals surface area contributed by atoms with Gasteiger partial charge in [0.1, 0.15) is 17.7 Å². The highest BCUT2D eigenvalue weighted by Crippen LogP contribution is 2.34. The molecular weight excluding hydrogens is 424 g/mol. The normalized spacial score (nSPS) is 14.5. The van der Waals surface area contributed by atoms with Crippen molar-refractivity contribution in [2.45, 2.75) is 26.0 Å².